The molecule has 0 fully saturated rings. The zero-order valence-electron chi connectivity index (χ0n) is 8.19. The van der Waals surface area contributed by atoms with Crippen molar-refractivity contribution in [2.75, 3.05) is 0 Å². The first kappa shape index (κ1) is 10.9. The summed E-state index contributed by atoms with van der Waals surface area (Å²) in [6.45, 7) is 3.74. The van der Waals surface area contributed by atoms with Crippen LogP contribution in [-0.4, -0.2) is 15.4 Å². The molecule has 1 aromatic carbocycles. The van der Waals surface area contributed by atoms with Crippen LogP contribution in [-0.2, 0) is 10.8 Å². The SMILES string of the molecule is CC(C)S(=O)c1cccc(C(N)=O)c1. The minimum Gasteiger partial charge on any atom is -0.366 e. The van der Waals surface area contributed by atoms with Crippen molar-refractivity contribution in [2.45, 2.75) is 24.0 Å². The summed E-state index contributed by atoms with van der Waals surface area (Å²) in [6.07, 6.45) is 0. The second-order valence-electron chi connectivity index (χ2n) is 3.24. The summed E-state index contributed by atoms with van der Waals surface area (Å²) in [7, 11) is -1.07. The van der Waals surface area contributed by atoms with Crippen LogP contribution in [0.5, 0.6) is 0 Å². The van der Waals surface area contributed by atoms with Gasteiger partial charge in [0.05, 0.1) is 10.8 Å². The molecule has 76 valence electrons. The maximum absolute atomic E-state index is 11.7. The summed E-state index contributed by atoms with van der Waals surface area (Å²) in [5, 5.41) is 0.0399. The van der Waals surface area contributed by atoms with Crippen LogP contribution in [0.3, 0.4) is 0 Å². The highest BCUT2D eigenvalue weighted by molar-refractivity contribution is 7.85. The van der Waals surface area contributed by atoms with Crippen LogP contribution in [0.1, 0.15) is 24.2 Å². The predicted octanol–water partition coefficient (Wildman–Crippen LogP) is 1.30. The molecule has 1 amide bonds. The summed E-state index contributed by atoms with van der Waals surface area (Å²) in [6, 6.07) is 6.63. The fourth-order valence-corrected chi connectivity index (χ4v) is 2.05. The molecule has 0 aliphatic heterocycles. The van der Waals surface area contributed by atoms with Gasteiger partial charge in [-0.25, -0.2) is 0 Å². The van der Waals surface area contributed by atoms with Crippen LogP contribution in [0, 0.1) is 0 Å². The Morgan fingerprint density at radius 1 is 1.43 bits per heavy atom. The molecule has 0 heterocycles. The van der Waals surface area contributed by atoms with E-state index in [-0.39, 0.29) is 5.25 Å². The molecular weight excluding hydrogens is 198 g/mol. The van der Waals surface area contributed by atoms with E-state index in [1.165, 1.54) is 0 Å². The van der Waals surface area contributed by atoms with Gasteiger partial charge >= 0.3 is 0 Å². The van der Waals surface area contributed by atoms with Crippen molar-refractivity contribution in [2.24, 2.45) is 5.73 Å². The number of benzene rings is 1. The normalized spacial score (nSPS) is 12.8. The van der Waals surface area contributed by atoms with Crippen molar-refractivity contribution < 1.29 is 9.00 Å². The Morgan fingerprint density at radius 3 is 2.57 bits per heavy atom. The van der Waals surface area contributed by atoms with E-state index in [1.807, 2.05) is 13.8 Å². The Hall–Kier alpha value is -1.16. The Kier molecular flexibility index (Phi) is 3.41. The highest BCUT2D eigenvalue weighted by Crippen LogP contribution is 2.12. The van der Waals surface area contributed by atoms with Gasteiger partial charge in [-0.2, -0.15) is 0 Å². The molecule has 0 spiro atoms. The number of nitrogens with two attached hydrogens (primary N) is 1. The van der Waals surface area contributed by atoms with Gasteiger partial charge in [0.25, 0.3) is 0 Å². The monoisotopic (exact) mass is 211 g/mol. The largest absolute Gasteiger partial charge is 0.366 e. The summed E-state index contributed by atoms with van der Waals surface area (Å²) in [5.41, 5.74) is 5.52. The average Bonchev–Trinajstić information content (AvgIpc) is 2.16. The van der Waals surface area contributed by atoms with Gasteiger partial charge in [0.15, 0.2) is 0 Å². The van der Waals surface area contributed by atoms with Crippen molar-refractivity contribution in [1.29, 1.82) is 0 Å². The van der Waals surface area contributed by atoms with E-state index in [0.29, 0.717) is 10.5 Å². The highest BCUT2D eigenvalue weighted by Gasteiger charge is 2.09. The second kappa shape index (κ2) is 4.37. The molecule has 0 aliphatic carbocycles. The van der Waals surface area contributed by atoms with Gasteiger partial charge in [0.2, 0.25) is 5.91 Å². The molecule has 0 saturated heterocycles. The Labute approximate surface area is 85.8 Å². The number of hydrogen-bond donors (Lipinski definition) is 1. The molecule has 1 rings (SSSR count). The highest BCUT2D eigenvalue weighted by atomic mass is 32.2. The lowest BCUT2D eigenvalue weighted by Crippen LogP contribution is -2.12. The molecule has 1 unspecified atom stereocenters. The van der Waals surface area contributed by atoms with E-state index in [2.05, 4.69) is 0 Å². The Morgan fingerprint density at radius 2 is 2.07 bits per heavy atom. The van der Waals surface area contributed by atoms with E-state index in [9.17, 15) is 9.00 Å². The standard InChI is InChI=1S/C10H13NO2S/c1-7(2)14(13)9-5-3-4-8(6-9)10(11)12/h3-7H,1-2H3,(H2,11,12). The first-order valence-electron chi connectivity index (χ1n) is 4.33. The van der Waals surface area contributed by atoms with Crippen LogP contribution in [0.4, 0.5) is 0 Å². The van der Waals surface area contributed by atoms with Gasteiger partial charge in [-0.15, -0.1) is 0 Å². The van der Waals surface area contributed by atoms with Crippen LogP contribution >= 0.6 is 0 Å². The van der Waals surface area contributed by atoms with Crippen LogP contribution < -0.4 is 5.73 Å². The quantitative estimate of drug-likeness (QED) is 0.819. The van der Waals surface area contributed by atoms with Crippen molar-refractivity contribution >= 4 is 16.7 Å². The van der Waals surface area contributed by atoms with Crippen molar-refractivity contribution in [3.63, 3.8) is 0 Å². The van der Waals surface area contributed by atoms with E-state index < -0.39 is 16.7 Å². The summed E-state index contributed by atoms with van der Waals surface area (Å²) in [4.78, 5) is 11.5. The molecule has 2 N–H and O–H groups in total. The summed E-state index contributed by atoms with van der Waals surface area (Å²) in [5.74, 6) is -0.493. The number of carbonyl (C=O) groups excluding carboxylic acids is 1. The third-order valence-electron chi connectivity index (χ3n) is 1.78. The average molecular weight is 211 g/mol. The molecule has 0 radical (unpaired) electrons. The number of carbonyl (C=O) groups is 1. The van der Waals surface area contributed by atoms with E-state index in [4.69, 9.17) is 5.73 Å². The minimum absolute atomic E-state index is 0.0399. The topological polar surface area (TPSA) is 60.2 Å². The van der Waals surface area contributed by atoms with Gasteiger partial charge in [-0.05, 0) is 18.2 Å². The van der Waals surface area contributed by atoms with Gasteiger partial charge < -0.3 is 5.73 Å². The van der Waals surface area contributed by atoms with E-state index in [1.54, 1.807) is 24.3 Å². The number of rotatable bonds is 3. The second-order valence-corrected chi connectivity index (χ2v) is 5.25. The fraction of sp³-hybridized carbons (Fsp3) is 0.300. The molecule has 1 aromatic rings. The van der Waals surface area contributed by atoms with Gasteiger partial charge in [-0.1, -0.05) is 19.9 Å². The van der Waals surface area contributed by atoms with Crippen LogP contribution in [0.2, 0.25) is 0 Å². The fourth-order valence-electron chi connectivity index (χ4n) is 1.05. The lowest BCUT2D eigenvalue weighted by molar-refractivity contribution is 0.1000. The third-order valence-corrected chi connectivity index (χ3v) is 3.35. The van der Waals surface area contributed by atoms with Crippen molar-refractivity contribution in [3.8, 4) is 0 Å². The molecule has 3 nitrogen and oxygen atoms in total. The molecule has 4 heteroatoms. The Bertz CT molecular complexity index is 374. The van der Waals surface area contributed by atoms with Gasteiger partial charge in [0.1, 0.15) is 0 Å². The van der Waals surface area contributed by atoms with Gasteiger partial charge in [0, 0.05) is 15.7 Å². The molecule has 0 aromatic heterocycles. The van der Waals surface area contributed by atoms with Crippen LogP contribution in [0.25, 0.3) is 0 Å². The summed E-state index contributed by atoms with van der Waals surface area (Å²) < 4.78 is 11.7. The van der Waals surface area contributed by atoms with Crippen molar-refractivity contribution in [1.82, 2.24) is 0 Å². The first-order valence-corrected chi connectivity index (χ1v) is 5.54. The predicted molar refractivity (Wildman–Crippen MR) is 56.5 cm³/mol. The minimum atomic E-state index is -1.07. The van der Waals surface area contributed by atoms with Gasteiger partial charge in [-0.3, -0.25) is 9.00 Å². The lowest BCUT2D eigenvalue weighted by Gasteiger charge is -2.05. The molecular formula is C10H13NO2S. The molecule has 14 heavy (non-hydrogen) atoms. The maximum Gasteiger partial charge on any atom is 0.248 e. The third kappa shape index (κ3) is 2.42. The summed E-state index contributed by atoms with van der Waals surface area (Å²) >= 11 is 0. The number of primary amides is 1. The molecule has 0 aliphatic rings. The maximum atomic E-state index is 11.7. The zero-order valence-corrected chi connectivity index (χ0v) is 9.01. The smallest absolute Gasteiger partial charge is 0.248 e. The van der Waals surface area contributed by atoms with Crippen LogP contribution in [0.15, 0.2) is 29.2 Å². The molecule has 0 saturated carbocycles. The van der Waals surface area contributed by atoms with E-state index in [0.717, 1.165) is 0 Å². The molecule has 0 bridgehead atoms. The lowest BCUT2D eigenvalue weighted by atomic mass is 10.2. The number of amides is 1. The first-order chi connectivity index (χ1) is 6.52. The Balaban J connectivity index is 3.06. The number of hydrogen-bond acceptors (Lipinski definition) is 2. The van der Waals surface area contributed by atoms with E-state index >= 15 is 0 Å². The van der Waals surface area contributed by atoms with Crippen molar-refractivity contribution in [3.05, 3.63) is 29.8 Å². The zero-order chi connectivity index (χ0) is 10.7. The molecule has 1 atom stereocenters.